The standard InChI is InChI=1S/C30H28ClN3O5/c1-4-5-16-39-30(38)21-9-14-24(15-10-21)34-28(36)25(31)26(29(34)37)32-22-12-7-20(8-13-22)27(35)33-23-11-6-18(2)19(3)17-23/h6-15,17,32H,4-5,16H2,1-3H3,(H,33,35). The molecule has 0 radical (unpaired) electrons. The maximum atomic E-state index is 13.1. The number of nitrogens with one attached hydrogen (secondary N) is 2. The largest absolute Gasteiger partial charge is 0.462 e. The number of carbonyl (C=O) groups is 4. The van der Waals surface area contributed by atoms with Crippen molar-refractivity contribution < 1.29 is 23.9 Å². The van der Waals surface area contributed by atoms with Crippen LogP contribution in [0.4, 0.5) is 17.1 Å². The number of nitrogens with zero attached hydrogens (tertiary/aromatic N) is 1. The summed E-state index contributed by atoms with van der Waals surface area (Å²) < 4.78 is 5.19. The van der Waals surface area contributed by atoms with Crippen molar-refractivity contribution in [3.05, 3.63) is 99.7 Å². The van der Waals surface area contributed by atoms with Crippen LogP contribution in [0, 0.1) is 13.8 Å². The number of amides is 3. The molecule has 3 aromatic carbocycles. The number of halogens is 1. The number of hydrogen-bond acceptors (Lipinski definition) is 6. The molecule has 1 aliphatic rings. The summed E-state index contributed by atoms with van der Waals surface area (Å²) in [6.45, 7) is 6.30. The molecule has 0 spiro atoms. The molecule has 2 N–H and O–H groups in total. The van der Waals surface area contributed by atoms with Crippen LogP contribution in [0.25, 0.3) is 0 Å². The molecule has 39 heavy (non-hydrogen) atoms. The Morgan fingerprint density at radius 2 is 1.49 bits per heavy atom. The van der Waals surface area contributed by atoms with Gasteiger partial charge in [0.2, 0.25) is 0 Å². The number of rotatable bonds is 9. The van der Waals surface area contributed by atoms with E-state index in [1.54, 1.807) is 24.3 Å². The van der Waals surface area contributed by atoms with Gasteiger partial charge in [-0.3, -0.25) is 14.4 Å². The predicted molar refractivity (Wildman–Crippen MR) is 151 cm³/mol. The lowest BCUT2D eigenvalue weighted by molar-refractivity contribution is -0.120. The number of hydrogen-bond donors (Lipinski definition) is 2. The first-order valence-electron chi connectivity index (χ1n) is 12.5. The summed E-state index contributed by atoms with van der Waals surface area (Å²) in [5.74, 6) is -2.08. The third kappa shape index (κ3) is 6.18. The number of carbonyl (C=O) groups excluding carboxylic acids is 4. The van der Waals surface area contributed by atoms with Crippen LogP contribution in [-0.4, -0.2) is 30.3 Å². The molecule has 0 saturated carbocycles. The molecule has 0 bridgehead atoms. The van der Waals surface area contributed by atoms with E-state index in [1.807, 2.05) is 39.0 Å². The molecule has 0 unspecified atom stereocenters. The Balaban J connectivity index is 1.42. The Hall–Kier alpha value is -4.43. The third-order valence-electron chi connectivity index (χ3n) is 6.30. The first-order valence-corrected chi connectivity index (χ1v) is 12.9. The van der Waals surface area contributed by atoms with Gasteiger partial charge in [0.25, 0.3) is 17.7 Å². The molecule has 0 aliphatic carbocycles. The summed E-state index contributed by atoms with van der Waals surface area (Å²) in [6, 6.07) is 18.1. The van der Waals surface area contributed by atoms with E-state index in [4.69, 9.17) is 16.3 Å². The van der Waals surface area contributed by atoms with Crippen molar-refractivity contribution in [3.8, 4) is 0 Å². The number of unbranched alkanes of at least 4 members (excludes halogenated alkanes) is 1. The molecule has 0 atom stereocenters. The zero-order chi connectivity index (χ0) is 28.1. The van der Waals surface area contributed by atoms with Crippen molar-refractivity contribution in [1.82, 2.24) is 0 Å². The zero-order valence-electron chi connectivity index (χ0n) is 21.8. The fraction of sp³-hybridized carbons (Fsp3) is 0.200. The van der Waals surface area contributed by atoms with E-state index in [0.29, 0.717) is 29.1 Å². The summed E-state index contributed by atoms with van der Waals surface area (Å²) in [6.07, 6.45) is 1.67. The fourth-order valence-corrected chi connectivity index (χ4v) is 4.07. The molecule has 9 heteroatoms. The summed E-state index contributed by atoms with van der Waals surface area (Å²) in [5.41, 5.74) is 4.28. The SMILES string of the molecule is CCCCOC(=O)c1ccc(N2C(=O)C(Cl)=C(Nc3ccc(C(=O)Nc4ccc(C)c(C)c4)cc3)C2=O)cc1. The highest BCUT2D eigenvalue weighted by Gasteiger charge is 2.39. The van der Waals surface area contributed by atoms with Crippen molar-refractivity contribution >= 4 is 52.4 Å². The van der Waals surface area contributed by atoms with Crippen molar-refractivity contribution in [2.45, 2.75) is 33.6 Å². The molecule has 0 aromatic heterocycles. The van der Waals surface area contributed by atoms with Crippen molar-refractivity contribution in [1.29, 1.82) is 0 Å². The molecule has 3 amide bonds. The summed E-state index contributed by atoms with van der Waals surface area (Å²) in [7, 11) is 0. The number of ether oxygens (including phenoxy) is 1. The van der Waals surface area contributed by atoms with Crippen molar-refractivity contribution in [2.24, 2.45) is 0 Å². The minimum atomic E-state index is -0.688. The maximum absolute atomic E-state index is 13.1. The Kier molecular flexibility index (Phi) is 8.46. The van der Waals surface area contributed by atoms with Crippen molar-refractivity contribution in [2.75, 3.05) is 22.1 Å². The number of benzene rings is 3. The molecule has 3 aromatic rings. The van der Waals surface area contributed by atoms with E-state index in [1.165, 1.54) is 24.3 Å². The molecule has 0 saturated heterocycles. The minimum Gasteiger partial charge on any atom is -0.462 e. The highest BCUT2D eigenvalue weighted by Crippen LogP contribution is 2.30. The van der Waals surface area contributed by atoms with Crippen LogP contribution in [0.5, 0.6) is 0 Å². The van der Waals surface area contributed by atoms with Gasteiger partial charge < -0.3 is 15.4 Å². The maximum Gasteiger partial charge on any atom is 0.338 e. The van der Waals surface area contributed by atoms with Crippen LogP contribution >= 0.6 is 11.6 Å². The van der Waals surface area contributed by atoms with Gasteiger partial charge in [-0.2, -0.15) is 0 Å². The second-order valence-electron chi connectivity index (χ2n) is 9.13. The lowest BCUT2D eigenvalue weighted by Gasteiger charge is -2.15. The van der Waals surface area contributed by atoms with Gasteiger partial charge in [-0.1, -0.05) is 31.0 Å². The number of aryl methyl sites for hydroxylation is 2. The number of anilines is 3. The Morgan fingerprint density at radius 3 is 2.13 bits per heavy atom. The Bertz CT molecular complexity index is 1460. The van der Waals surface area contributed by atoms with Gasteiger partial charge in [0, 0.05) is 16.9 Å². The molecular formula is C30H28ClN3O5. The van der Waals surface area contributed by atoms with E-state index in [2.05, 4.69) is 10.6 Å². The summed E-state index contributed by atoms with van der Waals surface area (Å²) >= 11 is 6.23. The zero-order valence-corrected chi connectivity index (χ0v) is 22.6. The van der Waals surface area contributed by atoms with Crippen LogP contribution in [0.3, 0.4) is 0 Å². The first kappa shape index (κ1) is 27.6. The second-order valence-corrected chi connectivity index (χ2v) is 9.50. The Labute approximate surface area is 231 Å². The molecular weight excluding hydrogens is 518 g/mol. The van der Waals surface area contributed by atoms with Gasteiger partial charge in [-0.15, -0.1) is 0 Å². The van der Waals surface area contributed by atoms with E-state index in [9.17, 15) is 19.2 Å². The van der Waals surface area contributed by atoms with E-state index in [-0.39, 0.29) is 22.3 Å². The quantitative estimate of drug-likeness (QED) is 0.196. The number of esters is 1. The van der Waals surface area contributed by atoms with E-state index >= 15 is 0 Å². The van der Waals surface area contributed by atoms with Gasteiger partial charge >= 0.3 is 5.97 Å². The molecule has 200 valence electrons. The van der Waals surface area contributed by atoms with E-state index < -0.39 is 17.8 Å². The van der Waals surface area contributed by atoms with Crippen LogP contribution in [0.2, 0.25) is 0 Å². The summed E-state index contributed by atoms with van der Waals surface area (Å²) in [5, 5.41) is 5.49. The second kappa shape index (κ2) is 12.0. The molecule has 1 heterocycles. The van der Waals surface area contributed by atoms with Gasteiger partial charge in [-0.05, 0) is 92.1 Å². The number of imide groups is 1. The molecule has 4 rings (SSSR count). The average Bonchev–Trinajstić information content (AvgIpc) is 3.14. The third-order valence-corrected chi connectivity index (χ3v) is 6.65. The minimum absolute atomic E-state index is 0.0861. The van der Waals surface area contributed by atoms with Crippen LogP contribution in [-0.2, 0) is 14.3 Å². The first-order chi connectivity index (χ1) is 18.7. The van der Waals surface area contributed by atoms with Crippen LogP contribution in [0.15, 0.2) is 77.5 Å². The van der Waals surface area contributed by atoms with Crippen molar-refractivity contribution in [3.63, 3.8) is 0 Å². The van der Waals surface area contributed by atoms with Gasteiger partial charge in [0.05, 0.1) is 17.9 Å². The van der Waals surface area contributed by atoms with Gasteiger partial charge in [0.1, 0.15) is 10.7 Å². The van der Waals surface area contributed by atoms with Gasteiger partial charge in [-0.25, -0.2) is 9.69 Å². The lowest BCUT2D eigenvalue weighted by Crippen LogP contribution is -2.32. The van der Waals surface area contributed by atoms with Gasteiger partial charge in [0.15, 0.2) is 0 Å². The lowest BCUT2D eigenvalue weighted by atomic mass is 10.1. The molecule has 1 aliphatic heterocycles. The normalized spacial score (nSPS) is 13.1. The van der Waals surface area contributed by atoms with Crippen LogP contribution in [0.1, 0.15) is 51.6 Å². The topological polar surface area (TPSA) is 105 Å². The monoisotopic (exact) mass is 545 g/mol. The highest BCUT2D eigenvalue weighted by molar-refractivity contribution is 6.53. The highest BCUT2D eigenvalue weighted by atomic mass is 35.5. The van der Waals surface area contributed by atoms with Crippen LogP contribution < -0.4 is 15.5 Å². The summed E-state index contributed by atoms with van der Waals surface area (Å²) in [4.78, 5) is 51.6. The van der Waals surface area contributed by atoms with E-state index in [0.717, 1.165) is 28.9 Å². The smallest absolute Gasteiger partial charge is 0.338 e. The molecule has 8 nitrogen and oxygen atoms in total. The molecule has 0 fully saturated rings. The Morgan fingerprint density at radius 1 is 0.846 bits per heavy atom. The average molecular weight is 546 g/mol. The predicted octanol–water partition coefficient (Wildman–Crippen LogP) is 5.95. The fourth-order valence-electron chi connectivity index (χ4n) is 3.86.